The number of amides is 2. The van der Waals surface area contributed by atoms with Gasteiger partial charge < -0.3 is 14.8 Å². The van der Waals surface area contributed by atoms with E-state index in [9.17, 15) is 24.5 Å². The molecule has 1 unspecified atom stereocenters. The number of carbonyl (C=O) groups excluding carboxylic acids is 3. The van der Waals surface area contributed by atoms with Crippen LogP contribution < -0.4 is 15.0 Å². The normalized spacial score (nSPS) is 15.1. The van der Waals surface area contributed by atoms with Crippen molar-refractivity contribution in [1.82, 2.24) is 4.98 Å². The quantitative estimate of drug-likeness (QED) is 0.368. The number of nitro groups is 1. The number of ether oxygens (including phenoxy) is 2. The van der Waals surface area contributed by atoms with Gasteiger partial charge in [0.2, 0.25) is 5.91 Å². The van der Waals surface area contributed by atoms with Crippen molar-refractivity contribution in [2.24, 2.45) is 0 Å². The Morgan fingerprint density at radius 1 is 1.39 bits per heavy atom. The summed E-state index contributed by atoms with van der Waals surface area (Å²) >= 11 is 1.13. The van der Waals surface area contributed by atoms with E-state index >= 15 is 0 Å². The molecule has 11 nitrogen and oxygen atoms in total. The molecule has 31 heavy (non-hydrogen) atoms. The molecule has 0 saturated carbocycles. The van der Waals surface area contributed by atoms with Crippen LogP contribution in [0.4, 0.5) is 16.5 Å². The van der Waals surface area contributed by atoms with Gasteiger partial charge in [-0.05, 0) is 19.4 Å². The third-order valence-electron chi connectivity index (χ3n) is 4.36. The van der Waals surface area contributed by atoms with Crippen molar-refractivity contribution in [2.75, 3.05) is 23.4 Å². The van der Waals surface area contributed by atoms with Gasteiger partial charge in [-0.15, -0.1) is 11.3 Å². The van der Waals surface area contributed by atoms with Gasteiger partial charge in [0.15, 0.2) is 11.2 Å². The van der Waals surface area contributed by atoms with Crippen LogP contribution in [0.5, 0.6) is 5.75 Å². The lowest BCUT2D eigenvalue weighted by atomic mass is 10.1. The highest BCUT2D eigenvalue weighted by Crippen LogP contribution is 2.37. The molecule has 0 fully saturated rings. The van der Waals surface area contributed by atoms with E-state index in [-0.39, 0.29) is 41.8 Å². The Hall–Kier alpha value is -3.54. The summed E-state index contributed by atoms with van der Waals surface area (Å²) in [7, 11) is 0. The summed E-state index contributed by atoms with van der Waals surface area (Å²) in [6.07, 6.45) is -0.438. The van der Waals surface area contributed by atoms with Crippen molar-refractivity contribution in [3.63, 3.8) is 0 Å². The molecule has 164 valence electrons. The van der Waals surface area contributed by atoms with Gasteiger partial charge >= 0.3 is 5.97 Å². The summed E-state index contributed by atoms with van der Waals surface area (Å²) in [5.41, 5.74) is 0.383. The fourth-order valence-electron chi connectivity index (χ4n) is 2.96. The van der Waals surface area contributed by atoms with Crippen LogP contribution in [0.1, 0.15) is 26.0 Å². The van der Waals surface area contributed by atoms with Crippen LogP contribution >= 0.6 is 11.3 Å². The molecule has 12 heteroatoms. The molecule has 1 aliphatic heterocycles. The summed E-state index contributed by atoms with van der Waals surface area (Å²) in [4.78, 5) is 52.8. The molecule has 2 heterocycles. The molecule has 0 radical (unpaired) electrons. The smallest absolute Gasteiger partial charge is 0.311 e. The second-order valence-corrected chi connectivity index (χ2v) is 7.38. The second kappa shape index (κ2) is 9.51. The number of anilines is 2. The van der Waals surface area contributed by atoms with Gasteiger partial charge in [0.1, 0.15) is 12.3 Å². The van der Waals surface area contributed by atoms with E-state index in [2.05, 4.69) is 10.3 Å². The molecule has 0 aliphatic carbocycles. The Balaban J connectivity index is 1.75. The SMILES string of the molecule is CCOC(=O)Cc1csc(NC(=O)CN2C(=O)C(CC)Oc3ccc([N+](=O)[O-])cc32)n1. The van der Waals surface area contributed by atoms with Gasteiger partial charge in [0.05, 0.1) is 29.3 Å². The molecular weight excluding hydrogens is 428 g/mol. The first-order valence-corrected chi connectivity index (χ1v) is 10.4. The molecule has 1 aliphatic rings. The molecular formula is C19H20N4O7S. The number of fused-ring (bicyclic) bond motifs is 1. The van der Waals surface area contributed by atoms with Crippen LogP contribution in [0.2, 0.25) is 0 Å². The number of esters is 1. The number of rotatable bonds is 8. The maximum atomic E-state index is 12.8. The van der Waals surface area contributed by atoms with Crippen molar-refractivity contribution >= 4 is 45.6 Å². The van der Waals surface area contributed by atoms with E-state index in [0.29, 0.717) is 12.1 Å². The van der Waals surface area contributed by atoms with Crippen LogP contribution in [-0.4, -0.2) is 46.9 Å². The molecule has 2 aromatic rings. The number of non-ortho nitro benzene ring substituents is 1. The highest BCUT2D eigenvalue weighted by molar-refractivity contribution is 7.13. The lowest BCUT2D eigenvalue weighted by Crippen LogP contribution is -2.48. The van der Waals surface area contributed by atoms with Crippen LogP contribution in [-0.2, 0) is 25.5 Å². The van der Waals surface area contributed by atoms with E-state index in [1.807, 2.05) is 0 Å². The Bertz CT molecular complexity index is 1020. The molecule has 1 aromatic heterocycles. The van der Waals surface area contributed by atoms with Crippen LogP contribution in [0.25, 0.3) is 0 Å². The molecule has 0 bridgehead atoms. The van der Waals surface area contributed by atoms with Gasteiger partial charge in [-0.25, -0.2) is 4.98 Å². The van der Waals surface area contributed by atoms with Crippen molar-refractivity contribution < 1.29 is 28.8 Å². The lowest BCUT2D eigenvalue weighted by molar-refractivity contribution is -0.384. The van der Waals surface area contributed by atoms with Gasteiger partial charge in [-0.3, -0.25) is 29.4 Å². The fourth-order valence-corrected chi connectivity index (χ4v) is 3.68. The number of hydrogen-bond donors (Lipinski definition) is 1. The van der Waals surface area contributed by atoms with E-state index in [0.717, 1.165) is 11.3 Å². The third kappa shape index (κ3) is 5.15. The number of carbonyl (C=O) groups is 3. The van der Waals surface area contributed by atoms with Crippen LogP contribution in [0.3, 0.4) is 0 Å². The topological polar surface area (TPSA) is 141 Å². The highest BCUT2D eigenvalue weighted by Gasteiger charge is 2.35. The predicted molar refractivity (Wildman–Crippen MR) is 111 cm³/mol. The molecule has 1 aromatic carbocycles. The zero-order valence-electron chi connectivity index (χ0n) is 16.8. The number of thiazole rings is 1. The summed E-state index contributed by atoms with van der Waals surface area (Å²) in [5, 5.41) is 15.6. The Kier molecular flexibility index (Phi) is 6.80. The largest absolute Gasteiger partial charge is 0.478 e. The first-order chi connectivity index (χ1) is 14.8. The molecule has 2 amide bonds. The number of nitrogens with one attached hydrogen (secondary N) is 1. The van der Waals surface area contributed by atoms with Crippen molar-refractivity contribution in [2.45, 2.75) is 32.8 Å². The standard InChI is InChI=1S/C19H20N4O7S/c1-3-14-18(26)22(13-8-12(23(27)28)5-6-15(13)30-14)9-16(24)21-19-20-11(10-31-19)7-17(25)29-4-2/h5-6,8,10,14H,3-4,7,9H2,1-2H3,(H,20,21,24). The summed E-state index contributed by atoms with van der Waals surface area (Å²) in [5.74, 6) is -1.14. The van der Waals surface area contributed by atoms with Crippen molar-refractivity contribution in [3.8, 4) is 5.75 Å². The number of aromatic nitrogens is 1. The van der Waals surface area contributed by atoms with E-state index in [1.165, 1.54) is 23.1 Å². The Morgan fingerprint density at radius 3 is 2.84 bits per heavy atom. The van der Waals surface area contributed by atoms with Crippen LogP contribution in [0, 0.1) is 10.1 Å². The number of hydrogen-bond acceptors (Lipinski definition) is 9. The highest BCUT2D eigenvalue weighted by atomic mass is 32.1. The average Bonchev–Trinajstić information content (AvgIpc) is 3.15. The third-order valence-corrected chi connectivity index (χ3v) is 5.16. The van der Waals surface area contributed by atoms with Gasteiger partial charge in [0.25, 0.3) is 11.6 Å². The minimum absolute atomic E-state index is 0.0165. The second-order valence-electron chi connectivity index (χ2n) is 6.52. The Labute approximate surface area is 181 Å². The number of nitro benzene ring substituents is 1. The van der Waals surface area contributed by atoms with E-state index in [1.54, 1.807) is 19.2 Å². The van der Waals surface area contributed by atoms with Gasteiger partial charge in [-0.1, -0.05) is 6.92 Å². The number of benzene rings is 1. The summed E-state index contributed by atoms with van der Waals surface area (Å²) in [6, 6.07) is 3.89. The lowest BCUT2D eigenvalue weighted by Gasteiger charge is -2.33. The minimum atomic E-state index is -0.794. The molecule has 1 atom stereocenters. The monoisotopic (exact) mass is 448 g/mol. The zero-order valence-corrected chi connectivity index (χ0v) is 17.6. The fraction of sp³-hybridized carbons (Fsp3) is 0.368. The van der Waals surface area contributed by atoms with Crippen molar-refractivity contribution in [1.29, 1.82) is 0 Å². The van der Waals surface area contributed by atoms with Gasteiger partial charge in [-0.2, -0.15) is 0 Å². The predicted octanol–water partition coefficient (Wildman–Crippen LogP) is 2.30. The van der Waals surface area contributed by atoms with Crippen LogP contribution in [0.15, 0.2) is 23.6 Å². The van der Waals surface area contributed by atoms with E-state index in [4.69, 9.17) is 9.47 Å². The first-order valence-electron chi connectivity index (χ1n) is 9.48. The van der Waals surface area contributed by atoms with Gasteiger partial charge in [0, 0.05) is 17.5 Å². The van der Waals surface area contributed by atoms with Crippen molar-refractivity contribution in [3.05, 3.63) is 39.4 Å². The minimum Gasteiger partial charge on any atom is -0.478 e. The van der Waals surface area contributed by atoms with E-state index < -0.39 is 28.8 Å². The Morgan fingerprint density at radius 2 is 2.16 bits per heavy atom. The zero-order chi connectivity index (χ0) is 22.5. The number of nitrogens with zero attached hydrogens (tertiary/aromatic N) is 3. The summed E-state index contributed by atoms with van der Waals surface area (Å²) in [6.45, 7) is 3.35. The average molecular weight is 448 g/mol. The maximum absolute atomic E-state index is 12.8. The maximum Gasteiger partial charge on any atom is 0.311 e. The molecule has 0 spiro atoms. The molecule has 3 rings (SSSR count). The molecule has 1 N–H and O–H groups in total. The molecule has 0 saturated heterocycles. The summed E-state index contributed by atoms with van der Waals surface area (Å²) < 4.78 is 10.5. The first kappa shape index (κ1) is 22.2.